The highest BCUT2D eigenvalue weighted by molar-refractivity contribution is 7.92. The van der Waals surface area contributed by atoms with Crippen LogP contribution in [0.5, 0.6) is 0 Å². The number of rotatable bonds is 11. The fourth-order valence-electron chi connectivity index (χ4n) is 4.34. The second kappa shape index (κ2) is 13.9. The Kier molecular flexibility index (Phi) is 11.1. The maximum Gasteiger partial charge on any atom is 0.264 e. The third kappa shape index (κ3) is 8.16. The van der Waals surface area contributed by atoms with Crippen LogP contribution in [0, 0.1) is 13.8 Å². The van der Waals surface area contributed by atoms with E-state index in [1.54, 1.807) is 56.3 Å². The summed E-state index contributed by atoms with van der Waals surface area (Å²) in [5.41, 5.74) is 2.40. The fraction of sp³-hybridized carbons (Fsp3) is 0.333. The molecule has 41 heavy (non-hydrogen) atoms. The van der Waals surface area contributed by atoms with E-state index in [1.807, 2.05) is 20.8 Å². The van der Waals surface area contributed by atoms with Crippen LogP contribution in [0.25, 0.3) is 0 Å². The molecule has 0 aliphatic rings. The second-order valence-corrected chi connectivity index (χ2v) is 13.2. The molecule has 7 nitrogen and oxygen atoms in total. The minimum Gasteiger partial charge on any atom is -0.352 e. The first-order valence-electron chi connectivity index (χ1n) is 13.1. The van der Waals surface area contributed by atoms with Gasteiger partial charge < -0.3 is 10.2 Å². The zero-order chi connectivity index (χ0) is 30.5. The molecular weight excluding hydrogens is 605 g/mol. The maximum atomic E-state index is 14.1. The van der Waals surface area contributed by atoms with Gasteiger partial charge >= 0.3 is 0 Å². The molecule has 0 aliphatic heterocycles. The molecule has 1 atom stereocenters. The van der Waals surface area contributed by atoms with Crippen molar-refractivity contribution in [2.45, 2.75) is 64.6 Å². The van der Waals surface area contributed by atoms with Crippen LogP contribution in [0.1, 0.15) is 43.9 Å². The van der Waals surface area contributed by atoms with Gasteiger partial charge in [0.2, 0.25) is 11.8 Å². The van der Waals surface area contributed by atoms with E-state index in [1.165, 1.54) is 23.1 Å². The SMILES string of the molecule is CC[C@@H](C(=O)NC(C)C)N(Cc1ccc(Cl)c(Cl)c1)C(=O)CN(c1cc(Cl)ccc1C)S(=O)(=O)c1ccc(C)cc1. The van der Waals surface area contributed by atoms with E-state index in [-0.39, 0.29) is 29.1 Å². The molecular formula is C30H34Cl3N3O4S. The molecule has 0 spiro atoms. The number of carbonyl (C=O) groups excluding carboxylic acids is 2. The minimum absolute atomic E-state index is 0.00664. The lowest BCUT2D eigenvalue weighted by Gasteiger charge is -2.34. The lowest BCUT2D eigenvalue weighted by molar-refractivity contribution is -0.140. The lowest BCUT2D eigenvalue weighted by Crippen LogP contribution is -2.53. The topological polar surface area (TPSA) is 86.8 Å². The summed E-state index contributed by atoms with van der Waals surface area (Å²) in [6, 6.07) is 15.2. The molecule has 3 aromatic rings. The standard InChI is InChI=1S/C30H34Cl3N3O4S/c1-6-27(30(38)34-19(2)3)35(17-22-10-14-25(32)26(33)15-22)29(37)18-36(28-16-23(31)11-9-21(28)5)41(39,40)24-12-7-20(4)8-13-24/h7-16,19,27H,6,17-18H2,1-5H3,(H,34,38)/t27-/m0/s1. The van der Waals surface area contributed by atoms with Gasteiger partial charge in [-0.25, -0.2) is 8.42 Å². The molecule has 3 aromatic carbocycles. The van der Waals surface area contributed by atoms with Crippen molar-refractivity contribution in [1.82, 2.24) is 10.2 Å². The van der Waals surface area contributed by atoms with Crippen molar-refractivity contribution < 1.29 is 18.0 Å². The molecule has 0 aliphatic carbocycles. The van der Waals surface area contributed by atoms with Gasteiger partial charge in [0.25, 0.3) is 10.0 Å². The lowest BCUT2D eigenvalue weighted by atomic mass is 10.1. The zero-order valence-electron chi connectivity index (χ0n) is 23.6. The molecule has 1 N–H and O–H groups in total. The highest BCUT2D eigenvalue weighted by Gasteiger charge is 2.34. The summed E-state index contributed by atoms with van der Waals surface area (Å²) in [4.78, 5) is 28.8. The quantitative estimate of drug-likeness (QED) is 0.251. The number of hydrogen-bond acceptors (Lipinski definition) is 4. The fourth-order valence-corrected chi connectivity index (χ4v) is 6.29. The highest BCUT2D eigenvalue weighted by atomic mass is 35.5. The molecule has 0 heterocycles. The Morgan fingerprint density at radius 2 is 1.56 bits per heavy atom. The van der Waals surface area contributed by atoms with Crippen LogP contribution in [0.3, 0.4) is 0 Å². The number of carbonyl (C=O) groups is 2. The average molecular weight is 639 g/mol. The van der Waals surface area contributed by atoms with Crippen LogP contribution in [0.2, 0.25) is 15.1 Å². The summed E-state index contributed by atoms with van der Waals surface area (Å²) < 4.78 is 29.1. The summed E-state index contributed by atoms with van der Waals surface area (Å²) in [6.45, 7) is 8.48. The molecule has 220 valence electrons. The van der Waals surface area contributed by atoms with Crippen molar-refractivity contribution in [2.24, 2.45) is 0 Å². The van der Waals surface area contributed by atoms with E-state index in [4.69, 9.17) is 34.8 Å². The number of hydrogen-bond donors (Lipinski definition) is 1. The van der Waals surface area contributed by atoms with Crippen LogP contribution >= 0.6 is 34.8 Å². The second-order valence-electron chi connectivity index (χ2n) is 10.1. The normalized spacial score (nSPS) is 12.2. The Balaban J connectivity index is 2.12. The average Bonchev–Trinajstić information content (AvgIpc) is 2.90. The van der Waals surface area contributed by atoms with Gasteiger partial charge in [0.05, 0.1) is 20.6 Å². The first-order valence-corrected chi connectivity index (χ1v) is 15.7. The number of sulfonamides is 1. The first kappa shape index (κ1) is 32.7. The molecule has 3 rings (SSSR count). The molecule has 0 saturated carbocycles. The number of halogens is 3. The summed E-state index contributed by atoms with van der Waals surface area (Å²) >= 11 is 18.6. The predicted molar refractivity (Wildman–Crippen MR) is 166 cm³/mol. The van der Waals surface area contributed by atoms with Crippen molar-refractivity contribution in [1.29, 1.82) is 0 Å². The van der Waals surface area contributed by atoms with Gasteiger partial charge in [-0.3, -0.25) is 13.9 Å². The minimum atomic E-state index is -4.21. The summed E-state index contributed by atoms with van der Waals surface area (Å²) in [6.07, 6.45) is 0.298. The maximum absolute atomic E-state index is 14.1. The Labute approximate surface area is 257 Å². The van der Waals surface area contributed by atoms with Crippen molar-refractivity contribution in [3.05, 3.63) is 92.4 Å². The Bertz CT molecular complexity index is 1510. The number of amides is 2. The van der Waals surface area contributed by atoms with Gasteiger partial charge in [0.1, 0.15) is 12.6 Å². The Hall–Kier alpha value is -2.78. The van der Waals surface area contributed by atoms with Gasteiger partial charge in [-0.1, -0.05) is 71.6 Å². The van der Waals surface area contributed by atoms with Crippen LogP contribution in [-0.2, 0) is 26.2 Å². The molecule has 0 bridgehead atoms. The van der Waals surface area contributed by atoms with E-state index in [0.29, 0.717) is 32.6 Å². The van der Waals surface area contributed by atoms with Crippen LogP contribution in [-0.4, -0.2) is 43.8 Å². The molecule has 0 fully saturated rings. The number of benzene rings is 3. The van der Waals surface area contributed by atoms with Crippen molar-refractivity contribution in [3.63, 3.8) is 0 Å². The third-order valence-corrected chi connectivity index (χ3v) is 9.23. The number of anilines is 1. The Morgan fingerprint density at radius 3 is 2.15 bits per heavy atom. The number of nitrogens with one attached hydrogen (secondary N) is 1. The molecule has 0 aromatic heterocycles. The van der Waals surface area contributed by atoms with Gasteiger partial charge in [-0.2, -0.15) is 0 Å². The van der Waals surface area contributed by atoms with Gasteiger partial charge in [-0.15, -0.1) is 0 Å². The van der Waals surface area contributed by atoms with Crippen molar-refractivity contribution in [2.75, 3.05) is 10.8 Å². The number of nitrogens with zero attached hydrogens (tertiary/aromatic N) is 2. The van der Waals surface area contributed by atoms with E-state index in [2.05, 4.69) is 5.32 Å². The van der Waals surface area contributed by atoms with E-state index < -0.39 is 28.5 Å². The Morgan fingerprint density at radius 1 is 0.902 bits per heavy atom. The first-order chi connectivity index (χ1) is 19.2. The van der Waals surface area contributed by atoms with Gasteiger partial charge in [-0.05, 0) is 81.6 Å². The smallest absolute Gasteiger partial charge is 0.264 e. The van der Waals surface area contributed by atoms with Gasteiger partial charge in [0, 0.05) is 17.6 Å². The van der Waals surface area contributed by atoms with Crippen molar-refractivity contribution in [3.8, 4) is 0 Å². The van der Waals surface area contributed by atoms with Crippen LogP contribution < -0.4 is 9.62 Å². The van der Waals surface area contributed by atoms with E-state index >= 15 is 0 Å². The van der Waals surface area contributed by atoms with Crippen molar-refractivity contribution >= 4 is 62.3 Å². The van der Waals surface area contributed by atoms with Crippen LogP contribution in [0.4, 0.5) is 5.69 Å². The largest absolute Gasteiger partial charge is 0.352 e. The van der Waals surface area contributed by atoms with E-state index in [0.717, 1.165) is 9.87 Å². The third-order valence-electron chi connectivity index (χ3n) is 6.48. The molecule has 0 radical (unpaired) electrons. The molecule has 0 unspecified atom stereocenters. The summed E-state index contributed by atoms with van der Waals surface area (Å²) in [7, 11) is -4.21. The van der Waals surface area contributed by atoms with Crippen LogP contribution in [0.15, 0.2) is 65.6 Å². The van der Waals surface area contributed by atoms with E-state index in [9.17, 15) is 18.0 Å². The zero-order valence-corrected chi connectivity index (χ0v) is 26.7. The molecule has 2 amide bonds. The highest BCUT2D eigenvalue weighted by Crippen LogP contribution is 2.30. The molecule has 11 heteroatoms. The predicted octanol–water partition coefficient (Wildman–Crippen LogP) is 6.79. The molecule has 0 saturated heterocycles. The van der Waals surface area contributed by atoms with Gasteiger partial charge in [0.15, 0.2) is 0 Å². The monoisotopic (exact) mass is 637 g/mol. The summed E-state index contributed by atoms with van der Waals surface area (Å²) in [5, 5.41) is 3.84. The summed E-state index contributed by atoms with van der Waals surface area (Å²) in [5.74, 6) is -0.917. The number of aryl methyl sites for hydroxylation is 2.